The first kappa shape index (κ1) is 27.9. The molecule has 218 valence electrons. The van der Waals surface area contributed by atoms with Crippen molar-refractivity contribution in [3.8, 4) is 22.6 Å². The van der Waals surface area contributed by atoms with Crippen LogP contribution in [0.5, 0.6) is 0 Å². The van der Waals surface area contributed by atoms with Gasteiger partial charge in [0.1, 0.15) is 22.9 Å². The maximum Gasteiger partial charge on any atom is 0.255 e. The van der Waals surface area contributed by atoms with Gasteiger partial charge in [-0.3, -0.25) is 14.0 Å². The van der Waals surface area contributed by atoms with Crippen molar-refractivity contribution in [2.24, 2.45) is 0 Å². The zero-order chi connectivity index (χ0) is 29.9. The second kappa shape index (κ2) is 11.9. The molecule has 0 spiro atoms. The number of oxazole rings is 1. The fourth-order valence-electron chi connectivity index (χ4n) is 5.40. The lowest BCUT2D eigenvalue weighted by atomic mass is 10.1. The van der Waals surface area contributed by atoms with Crippen molar-refractivity contribution >= 4 is 28.8 Å². The van der Waals surface area contributed by atoms with Crippen molar-refractivity contribution in [3.05, 3.63) is 97.1 Å². The van der Waals surface area contributed by atoms with Crippen LogP contribution in [0.15, 0.2) is 90.1 Å². The van der Waals surface area contributed by atoms with Crippen molar-refractivity contribution in [1.82, 2.24) is 29.2 Å². The zero-order valence-corrected chi connectivity index (χ0v) is 24.0. The molecular formula is C32H32N8O3. The molecule has 11 nitrogen and oxygen atoms in total. The fraction of sp³-hybridized carbons (Fsp3) is 0.219. The van der Waals surface area contributed by atoms with Gasteiger partial charge in [0.15, 0.2) is 12.2 Å². The van der Waals surface area contributed by atoms with Gasteiger partial charge in [-0.2, -0.15) is 0 Å². The highest BCUT2D eigenvalue weighted by atomic mass is 16.3. The first-order chi connectivity index (χ1) is 20.9. The van der Waals surface area contributed by atoms with E-state index in [1.54, 1.807) is 30.6 Å². The van der Waals surface area contributed by atoms with Crippen LogP contribution >= 0.6 is 0 Å². The summed E-state index contributed by atoms with van der Waals surface area (Å²) in [4.78, 5) is 43.6. The molecule has 0 aliphatic carbocycles. The molecule has 3 aromatic heterocycles. The van der Waals surface area contributed by atoms with E-state index in [1.165, 1.54) is 6.39 Å². The van der Waals surface area contributed by atoms with E-state index in [9.17, 15) is 9.59 Å². The van der Waals surface area contributed by atoms with Gasteiger partial charge in [-0.15, -0.1) is 0 Å². The highest BCUT2D eigenvalue weighted by Crippen LogP contribution is 2.36. The van der Waals surface area contributed by atoms with Gasteiger partial charge in [0, 0.05) is 53.9 Å². The van der Waals surface area contributed by atoms with Gasteiger partial charge in [-0.05, 0) is 51.2 Å². The standard InChI is InChI=1S/C32H32N8O3/c1-38(2)14-6-12-27(41)39-15-5-11-25(39)31-37-28(29-30(33)35-13-16-40(29)31)22-8-3-9-23(17-22)32(42)36-24-10-4-7-21(18-24)26-19-34-20-43-26/h3-4,6-10,12-13,16-20,25H,5,11,14-15H2,1-2H3,(H2,33,35)(H,36,42)/b12-6+/t25-/m0/s1. The Morgan fingerprint density at radius 3 is 2.81 bits per heavy atom. The number of amides is 2. The van der Waals surface area contributed by atoms with Crippen molar-refractivity contribution in [2.45, 2.75) is 18.9 Å². The number of benzene rings is 2. The van der Waals surface area contributed by atoms with Crippen LogP contribution in [0, 0.1) is 0 Å². The fourth-order valence-corrected chi connectivity index (χ4v) is 5.40. The molecule has 2 amide bonds. The zero-order valence-electron chi connectivity index (χ0n) is 24.0. The van der Waals surface area contributed by atoms with E-state index in [-0.39, 0.29) is 17.9 Å². The number of carbonyl (C=O) groups excluding carboxylic acids is 2. The van der Waals surface area contributed by atoms with E-state index >= 15 is 0 Å². The summed E-state index contributed by atoms with van der Waals surface area (Å²) in [6.45, 7) is 1.33. The highest BCUT2D eigenvalue weighted by Gasteiger charge is 2.33. The van der Waals surface area contributed by atoms with E-state index in [4.69, 9.17) is 15.1 Å². The van der Waals surface area contributed by atoms with Gasteiger partial charge >= 0.3 is 0 Å². The molecule has 1 aliphatic heterocycles. The van der Waals surface area contributed by atoms with Crippen molar-refractivity contribution in [2.75, 3.05) is 38.2 Å². The minimum absolute atomic E-state index is 0.0456. The average Bonchev–Trinajstić information content (AvgIpc) is 3.78. The van der Waals surface area contributed by atoms with E-state index in [0.29, 0.717) is 58.5 Å². The molecule has 43 heavy (non-hydrogen) atoms. The molecule has 11 heteroatoms. The van der Waals surface area contributed by atoms with Crippen LogP contribution in [0.1, 0.15) is 35.1 Å². The third-order valence-electron chi connectivity index (χ3n) is 7.41. The summed E-state index contributed by atoms with van der Waals surface area (Å²) in [5.74, 6) is 1.32. The Morgan fingerprint density at radius 1 is 1.16 bits per heavy atom. The topological polar surface area (TPSA) is 135 Å². The predicted molar refractivity (Wildman–Crippen MR) is 164 cm³/mol. The van der Waals surface area contributed by atoms with Crippen LogP contribution in [0.3, 0.4) is 0 Å². The van der Waals surface area contributed by atoms with E-state index < -0.39 is 0 Å². The number of imidazole rings is 1. The van der Waals surface area contributed by atoms with E-state index in [2.05, 4.69) is 15.3 Å². The van der Waals surface area contributed by atoms with Crippen LogP contribution < -0.4 is 11.1 Å². The summed E-state index contributed by atoms with van der Waals surface area (Å²) in [7, 11) is 3.92. The van der Waals surface area contributed by atoms with Crippen LogP contribution in [-0.4, -0.2) is 68.2 Å². The normalized spacial score (nSPS) is 15.1. The Morgan fingerprint density at radius 2 is 2.00 bits per heavy atom. The molecule has 1 saturated heterocycles. The Labute approximate surface area is 248 Å². The molecule has 2 aromatic carbocycles. The van der Waals surface area contributed by atoms with Crippen molar-refractivity contribution in [1.29, 1.82) is 0 Å². The lowest BCUT2D eigenvalue weighted by Gasteiger charge is -2.22. The number of hydrogen-bond acceptors (Lipinski definition) is 8. The molecule has 0 radical (unpaired) electrons. The number of nitrogen functional groups attached to an aromatic ring is 1. The number of anilines is 2. The number of nitrogens with two attached hydrogens (primary N) is 1. The molecule has 1 fully saturated rings. The summed E-state index contributed by atoms with van der Waals surface area (Å²) < 4.78 is 7.30. The Bertz CT molecular complexity index is 1810. The smallest absolute Gasteiger partial charge is 0.255 e. The predicted octanol–water partition coefficient (Wildman–Crippen LogP) is 4.67. The van der Waals surface area contributed by atoms with Gasteiger partial charge in [-0.25, -0.2) is 15.0 Å². The summed E-state index contributed by atoms with van der Waals surface area (Å²) in [5, 5.41) is 2.96. The second-order valence-electron chi connectivity index (χ2n) is 10.7. The molecule has 1 aliphatic rings. The quantitative estimate of drug-likeness (QED) is 0.255. The Balaban J connectivity index is 1.31. The number of aromatic nitrogens is 4. The Kier molecular flexibility index (Phi) is 7.71. The summed E-state index contributed by atoms with van der Waals surface area (Å²) in [5.41, 5.74) is 10.2. The maximum atomic E-state index is 13.3. The van der Waals surface area contributed by atoms with Crippen LogP contribution in [0.4, 0.5) is 11.5 Å². The van der Waals surface area contributed by atoms with Crippen LogP contribution in [-0.2, 0) is 4.79 Å². The van der Waals surface area contributed by atoms with Gasteiger partial charge in [0.2, 0.25) is 5.91 Å². The van der Waals surface area contributed by atoms with Crippen LogP contribution in [0.25, 0.3) is 28.1 Å². The molecule has 6 rings (SSSR count). The molecule has 4 heterocycles. The third kappa shape index (κ3) is 5.75. The van der Waals surface area contributed by atoms with E-state index in [0.717, 1.165) is 18.4 Å². The number of hydrogen-bond donors (Lipinski definition) is 2. The molecule has 0 saturated carbocycles. The van der Waals surface area contributed by atoms with Gasteiger partial charge in [0.25, 0.3) is 5.91 Å². The van der Waals surface area contributed by atoms with E-state index in [1.807, 2.05) is 77.0 Å². The molecular weight excluding hydrogens is 544 g/mol. The van der Waals surface area contributed by atoms with Gasteiger partial charge in [-0.1, -0.05) is 30.3 Å². The highest BCUT2D eigenvalue weighted by molar-refractivity contribution is 6.05. The Hall–Kier alpha value is -5.29. The number of likely N-dealkylation sites (tertiary alicyclic amines) is 1. The maximum absolute atomic E-state index is 13.3. The molecule has 1 atom stereocenters. The lowest BCUT2D eigenvalue weighted by Crippen LogP contribution is -2.30. The molecule has 0 unspecified atom stereocenters. The number of nitrogens with one attached hydrogen (secondary N) is 1. The summed E-state index contributed by atoms with van der Waals surface area (Å²) in [6.07, 6.45) is 11.6. The third-order valence-corrected chi connectivity index (χ3v) is 7.41. The van der Waals surface area contributed by atoms with Crippen LogP contribution in [0.2, 0.25) is 0 Å². The second-order valence-corrected chi connectivity index (χ2v) is 10.7. The average molecular weight is 577 g/mol. The largest absolute Gasteiger partial charge is 0.444 e. The van der Waals surface area contributed by atoms with Crippen molar-refractivity contribution in [3.63, 3.8) is 0 Å². The van der Waals surface area contributed by atoms with Crippen molar-refractivity contribution < 1.29 is 14.0 Å². The molecule has 5 aromatic rings. The number of likely N-dealkylation sites (N-methyl/N-ethyl adjacent to an activating group) is 1. The molecule has 0 bridgehead atoms. The van der Waals surface area contributed by atoms with Gasteiger partial charge < -0.3 is 25.3 Å². The SMILES string of the molecule is CN(C)C/C=C/C(=O)N1CCC[C@H]1c1nc(-c2cccc(C(=O)Nc3cccc(-c4cnco4)c3)c2)c2c(N)nccn12. The summed E-state index contributed by atoms with van der Waals surface area (Å²) >= 11 is 0. The number of fused-ring (bicyclic) bond motifs is 1. The minimum atomic E-state index is -0.275. The first-order valence-electron chi connectivity index (χ1n) is 14.0. The first-order valence-corrected chi connectivity index (χ1v) is 14.0. The minimum Gasteiger partial charge on any atom is -0.444 e. The summed E-state index contributed by atoms with van der Waals surface area (Å²) in [6, 6.07) is 14.4. The monoisotopic (exact) mass is 576 g/mol. The lowest BCUT2D eigenvalue weighted by molar-refractivity contribution is -0.127. The number of rotatable bonds is 8. The number of nitrogens with zero attached hydrogens (tertiary/aromatic N) is 6. The molecule has 3 N–H and O–H groups in total. The van der Waals surface area contributed by atoms with Gasteiger partial charge in [0.05, 0.1) is 12.2 Å². The number of carbonyl (C=O) groups is 2.